The number of hydrogen-bond donors (Lipinski definition) is 0. The number of anilines is 1. The monoisotopic (exact) mass is 396 g/mol. The lowest BCUT2D eigenvalue weighted by molar-refractivity contribution is 0.0758. The van der Waals surface area contributed by atoms with E-state index in [0.717, 1.165) is 48.3 Å². The van der Waals surface area contributed by atoms with Gasteiger partial charge in [0, 0.05) is 44.8 Å². The predicted molar refractivity (Wildman–Crippen MR) is 109 cm³/mol. The maximum absolute atomic E-state index is 13.7. The fraction of sp³-hybridized carbons (Fsp3) is 0.429. The molecule has 3 heterocycles. The van der Waals surface area contributed by atoms with Crippen LogP contribution in [0.5, 0.6) is 0 Å². The van der Waals surface area contributed by atoms with E-state index in [1.54, 1.807) is 15.6 Å². The Bertz CT molecular complexity index is 1020. The highest BCUT2D eigenvalue weighted by Gasteiger charge is 2.25. The van der Waals surface area contributed by atoms with Crippen LogP contribution in [0.1, 0.15) is 29.0 Å². The number of rotatable bonds is 4. The number of carbonyl (C=O) groups is 1. The first-order valence-corrected chi connectivity index (χ1v) is 9.83. The summed E-state index contributed by atoms with van der Waals surface area (Å²) in [6, 6.07) is 6.42. The molecule has 2 aromatic heterocycles. The first-order valence-electron chi connectivity index (χ1n) is 9.83. The van der Waals surface area contributed by atoms with Gasteiger partial charge in [0.2, 0.25) is 0 Å². The lowest BCUT2D eigenvalue weighted by Gasteiger charge is -2.34. The van der Waals surface area contributed by atoms with E-state index in [-0.39, 0.29) is 11.7 Å². The summed E-state index contributed by atoms with van der Waals surface area (Å²) in [6.45, 7) is 4.26. The molecule has 4 rings (SSSR count). The van der Waals surface area contributed by atoms with Crippen molar-refractivity contribution < 1.29 is 9.18 Å². The van der Waals surface area contributed by atoms with Crippen molar-refractivity contribution in [2.24, 2.45) is 13.0 Å². The number of fused-ring (bicyclic) bond motifs is 1. The molecule has 1 saturated heterocycles. The van der Waals surface area contributed by atoms with E-state index in [1.165, 1.54) is 18.5 Å². The fourth-order valence-corrected chi connectivity index (χ4v) is 3.93. The van der Waals surface area contributed by atoms with E-state index in [2.05, 4.69) is 20.0 Å². The van der Waals surface area contributed by atoms with Crippen molar-refractivity contribution in [1.82, 2.24) is 24.6 Å². The summed E-state index contributed by atoms with van der Waals surface area (Å²) in [5, 5.41) is 5.02. The van der Waals surface area contributed by atoms with Crippen LogP contribution in [0, 0.1) is 18.7 Å². The second-order valence-electron chi connectivity index (χ2n) is 7.77. The van der Waals surface area contributed by atoms with Gasteiger partial charge in [-0.25, -0.2) is 14.4 Å². The Kier molecular flexibility index (Phi) is 5.17. The largest absolute Gasteiger partial charge is 0.356 e. The molecule has 1 amide bonds. The van der Waals surface area contributed by atoms with E-state index < -0.39 is 0 Å². The van der Waals surface area contributed by atoms with Crippen LogP contribution in [-0.4, -0.2) is 57.2 Å². The third-order valence-corrected chi connectivity index (χ3v) is 5.70. The van der Waals surface area contributed by atoms with Gasteiger partial charge in [0.05, 0.1) is 5.52 Å². The summed E-state index contributed by atoms with van der Waals surface area (Å²) in [6.07, 6.45) is 3.42. The summed E-state index contributed by atoms with van der Waals surface area (Å²) in [4.78, 5) is 25.2. The van der Waals surface area contributed by atoms with Crippen LogP contribution < -0.4 is 4.90 Å². The summed E-state index contributed by atoms with van der Waals surface area (Å²) in [7, 11) is 3.67. The van der Waals surface area contributed by atoms with Crippen molar-refractivity contribution in [1.29, 1.82) is 0 Å². The number of hydrogen-bond acceptors (Lipinski definition) is 5. The van der Waals surface area contributed by atoms with Gasteiger partial charge in [0.15, 0.2) is 5.69 Å². The SMILES string of the molecule is Cc1cc(C(=O)N(C)CC2CCN(c3ncnc4ccc(F)cc34)CC2)nn1C. The van der Waals surface area contributed by atoms with Crippen molar-refractivity contribution in [2.75, 3.05) is 31.6 Å². The van der Waals surface area contributed by atoms with Gasteiger partial charge in [-0.3, -0.25) is 9.48 Å². The van der Waals surface area contributed by atoms with Gasteiger partial charge < -0.3 is 9.80 Å². The molecule has 0 bridgehead atoms. The van der Waals surface area contributed by atoms with Gasteiger partial charge in [-0.2, -0.15) is 5.10 Å². The molecule has 1 aliphatic rings. The molecule has 0 saturated carbocycles. The number of piperidine rings is 1. The van der Waals surface area contributed by atoms with Gasteiger partial charge in [-0.15, -0.1) is 0 Å². The molecular weight excluding hydrogens is 371 g/mol. The summed E-state index contributed by atoms with van der Waals surface area (Å²) < 4.78 is 15.4. The Hall–Kier alpha value is -3.03. The molecule has 0 N–H and O–H groups in total. The number of halogens is 1. The molecule has 0 aliphatic carbocycles. The van der Waals surface area contributed by atoms with Crippen LogP contribution in [-0.2, 0) is 7.05 Å². The third kappa shape index (κ3) is 3.92. The maximum atomic E-state index is 13.7. The average Bonchev–Trinajstić information content (AvgIpc) is 3.06. The molecule has 3 aromatic rings. The van der Waals surface area contributed by atoms with Gasteiger partial charge in [0.1, 0.15) is 18.0 Å². The zero-order chi connectivity index (χ0) is 20.5. The van der Waals surface area contributed by atoms with Crippen LogP contribution >= 0.6 is 0 Å². The van der Waals surface area contributed by atoms with Crippen molar-refractivity contribution in [3.8, 4) is 0 Å². The normalized spacial score (nSPS) is 15.1. The molecule has 7 nitrogen and oxygen atoms in total. The van der Waals surface area contributed by atoms with Gasteiger partial charge >= 0.3 is 0 Å². The molecule has 152 valence electrons. The topological polar surface area (TPSA) is 67.2 Å². The minimum absolute atomic E-state index is 0.0478. The highest BCUT2D eigenvalue weighted by atomic mass is 19.1. The number of carbonyl (C=O) groups excluding carboxylic acids is 1. The predicted octanol–water partition coefficient (Wildman–Crippen LogP) is 2.80. The smallest absolute Gasteiger partial charge is 0.274 e. The third-order valence-electron chi connectivity index (χ3n) is 5.70. The average molecular weight is 396 g/mol. The van der Waals surface area contributed by atoms with E-state index in [1.807, 2.05) is 27.1 Å². The molecule has 0 atom stereocenters. The van der Waals surface area contributed by atoms with E-state index in [9.17, 15) is 9.18 Å². The minimum Gasteiger partial charge on any atom is -0.356 e. The first-order chi connectivity index (χ1) is 13.9. The summed E-state index contributed by atoms with van der Waals surface area (Å²) >= 11 is 0. The molecule has 1 aliphatic heterocycles. The van der Waals surface area contributed by atoms with Gasteiger partial charge in [-0.1, -0.05) is 0 Å². The molecule has 29 heavy (non-hydrogen) atoms. The van der Waals surface area contributed by atoms with Gasteiger partial charge in [-0.05, 0) is 49.9 Å². The zero-order valence-electron chi connectivity index (χ0n) is 17.0. The minimum atomic E-state index is -0.284. The molecule has 0 unspecified atom stereocenters. The number of amides is 1. The van der Waals surface area contributed by atoms with E-state index >= 15 is 0 Å². The molecule has 8 heteroatoms. The molecule has 1 fully saturated rings. The summed E-state index contributed by atoms with van der Waals surface area (Å²) in [5.41, 5.74) is 2.19. The van der Waals surface area contributed by atoms with Crippen molar-refractivity contribution in [2.45, 2.75) is 19.8 Å². The zero-order valence-corrected chi connectivity index (χ0v) is 17.0. The van der Waals surface area contributed by atoms with Crippen LogP contribution in [0.25, 0.3) is 10.9 Å². The van der Waals surface area contributed by atoms with Gasteiger partial charge in [0.25, 0.3) is 5.91 Å². The first kappa shape index (κ1) is 19.3. The second kappa shape index (κ2) is 7.77. The molecule has 1 aromatic carbocycles. The quantitative estimate of drug-likeness (QED) is 0.678. The fourth-order valence-electron chi connectivity index (χ4n) is 3.93. The van der Waals surface area contributed by atoms with Crippen LogP contribution in [0.3, 0.4) is 0 Å². The van der Waals surface area contributed by atoms with Crippen molar-refractivity contribution >= 4 is 22.6 Å². The van der Waals surface area contributed by atoms with Crippen LogP contribution in [0.2, 0.25) is 0 Å². The lowest BCUT2D eigenvalue weighted by atomic mass is 9.96. The van der Waals surface area contributed by atoms with Crippen molar-refractivity contribution in [3.05, 3.63) is 47.8 Å². The Morgan fingerprint density at radius 2 is 2.00 bits per heavy atom. The number of nitrogens with zero attached hydrogens (tertiary/aromatic N) is 6. The molecular formula is C21H25FN6O. The molecule has 0 spiro atoms. The van der Waals surface area contributed by atoms with Crippen LogP contribution in [0.4, 0.5) is 10.2 Å². The molecule has 0 radical (unpaired) electrons. The second-order valence-corrected chi connectivity index (χ2v) is 7.77. The summed E-state index contributed by atoms with van der Waals surface area (Å²) in [5.74, 6) is 0.859. The Labute approximate surface area is 169 Å². The number of aryl methyl sites for hydroxylation is 2. The highest BCUT2D eigenvalue weighted by molar-refractivity contribution is 5.92. The Morgan fingerprint density at radius 1 is 1.24 bits per heavy atom. The van der Waals surface area contributed by atoms with E-state index in [4.69, 9.17) is 0 Å². The lowest BCUT2D eigenvalue weighted by Crippen LogP contribution is -2.40. The van der Waals surface area contributed by atoms with E-state index in [0.29, 0.717) is 18.2 Å². The standard InChI is InChI=1S/C21H25FN6O/c1-14-10-19(25-27(14)3)21(29)26(2)12-15-6-8-28(9-7-15)20-17-11-16(22)4-5-18(17)23-13-24-20/h4-5,10-11,13,15H,6-9,12H2,1-3H3. The number of benzene rings is 1. The highest BCUT2D eigenvalue weighted by Crippen LogP contribution is 2.28. The maximum Gasteiger partial charge on any atom is 0.274 e. The van der Waals surface area contributed by atoms with Crippen LogP contribution in [0.15, 0.2) is 30.6 Å². The Morgan fingerprint density at radius 3 is 2.69 bits per heavy atom. The number of aromatic nitrogens is 4. The Balaban J connectivity index is 1.40. The van der Waals surface area contributed by atoms with Crippen molar-refractivity contribution in [3.63, 3.8) is 0 Å².